The second kappa shape index (κ2) is 5.83. The SMILES string of the molecule is Cc1ccc(C)c(CC(Cl)c2cc(Cl)sc2Cl)c1. The highest BCUT2D eigenvalue weighted by atomic mass is 35.5. The smallest absolute Gasteiger partial charge is 0.0991 e. The second-order valence-electron chi connectivity index (χ2n) is 4.38. The van der Waals surface area contributed by atoms with Gasteiger partial charge >= 0.3 is 0 Å². The molecule has 4 heteroatoms. The summed E-state index contributed by atoms with van der Waals surface area (Å²) in [6, 6.07) is 8.26. The first-order valence-corrected chi connectivity index (χ1v) is 7.63. The third kappa shape index (κ3) is 3.21. The van der Waals surface area contributed by atoms with E-state index in [1.165, 1.54) is 28.0 Å². The van der Waals surface area contributed by atoms with Crippen molar-refractivity contribution in [3.05, 3.63) is 55.2 Å². The fourth-order valence-electron chi connectivity index (χ4n) is 1.89. The van der Waals surface area contributed by atoms with Gasteiger partial charge in [-0.15, -0.1) is 22.9 Å². The van der Waals surface area contributed by atoms with Crippen molar-refractivity contribution in [2.45, 2.75) is 25.6 Å². The number of rotatable bonds is 3. The summed E-state index contributed by atoms with van der Waals surface area (Å²) < 4.78 is 1.37. The minimum atomic E-state index is -0.137. The molecule has 0 aliphatic rings. The molecule has 0 N–H and O–H groups in total. The van der Waals surface area contributed by atoms with E-state index in [0.29, 0.717) is 8.67 Å². The lowest BCUT2D eigenvalue weighted by Gasteiger charge is -2.12. The predicted octanol–water partition coefficient (Wildman–Crippen LogP) is 6.19. The van der Waals surface area contributed by atoms with Gasteiger partial charge in [-0.05, 0) is 37.5 Å². The highest BCUT2D eigenvalue weighted by Crippen LogP contribution is 2.39. The Kier molecular flexibility index (Phi) is 4.60. The topological polar surface area (TPSA) is 0 Å². The van der Waals surface area contributed by atoms with Crippen LogP contribution < -0.4 is 0 Å². The lowest BCUT2D eigenvalue weighted by molar-refractivity contribution is 0.914. The van der Waals surface area contributed by atoms with Crippen LogP contribution in [0.25, 0.3) is 0 Å². The van der Waals surface area contributed by atoms with E-state index in [4.69, 9.17) is 34.8 Å². The number of hydrogen-bond acceptors (Lipinski definition) is 1. The van der Waals surface area contributed by atoms with Crippen molar-refractivity contribution in [3.8, 4) is 0 Å². The van der Waals surface area contributed by atoms with Crippen LogP contribution in [0.3, 0.4) is 0 Å². The first-order valence-electron chi connectivity index (χ1n) is 5.62. The van der Waals surface area contributed by atoms with Crippen molar-refractivity contribution in [3.63, 3.8) is 0 Å². The van der Waals surface area contributed by atoms with Crippen molar-refractivity contribution in [1.29, 1.82) is 0 Å². The van der Waals surface area contributed by atoms with Crippen LogP contribution in [-0.2, 0) is 6.42 Å². The van der Waals surface area contributed by atoms with E-state index in [0.717, 1.165) is 12.0 Å². The minimum absolute atomic E-state index is 0.137. The molecule has 0 fully saturated rings. The molecule has 2 rings (SSSR count). The van der Waals surface area contributed by atoms with Gasteiger partial charge in [-0.25, -0.2) is 0 Å². The Labute approximate surface area is 126 Å². The van der Waals surface area contributed by atoms with Gasteiger partial charge in [-0.2, -0.15) is 0 Å². The Morgan fingerprint density at radius 2 is 1.89 bits per heavy atom. The number of benzene rings is 1. The maximum atomic E-state index is 6.45. The molecule has 1 atom stereocenters. The molecule has 0 radical (unpaired) electrons. The van der Waals surface area contributed by atoms with Gasteiger partial charge in [0.15, 0.2) is 0 Å². The number of thiophene rings is 1. The Morgan fingerprint density at radius 1 is 1.17 bits per heavy atom. The van der Waals surface area contributed by atoms with Gasteiger partial charge in [-0.1, -0.05) is 47.0 Å². The van der Waals surface area contributed by atoms with Gasteiger partial charge in [-0.3, -0.25) is 0 Å². The molecule has 0 spiro atoms. The molecule has 0 nitrogen and oxygen atoms in total. The minimum Gasteiger partial charge on any atom is -0.117 e. The Morgan fingerprint density at radius 3 is 2.50 bits per heavy atom. The molecule has 0 amide bonds. The molecule has 1 unspecified atom stereocenters. The fraction of sp³-hybridized carbons (Fsp3) is 0.286. The van der Waals surface area contributed by atoms with E-state index >= 15 is 0 Å². The summed E-state index contributed by atoms with van der Waals surface area (Å²) in [5.41, 5.74) is 4.68. The van der Waals surface area contributed by atoms with Crippen LogP contribution in [0, 0.1) is 13.8 Å². The molecule has 1 aromatic heterocycles. The van der Waals surface area contributed by atoms with Crippen molar-refractivity contribution in [1.82, 2.24) is 0 Å². The average Bonchev–Trinajstić information content (AvgIpc) is 2.63. The normalized spacial score (nSPS) is 12.7. The maximum absolute atomic E-state index is 6.45. The largest absolute Gasteiger partial charge is 0.117 e. The number of aryl methyl sites for hydroxylation is 2. The summed E-state index contributed by atoms with van der Waals surface area (Å²) in [6.07, 6.45) is 0.766. The standard InChI is InChI=1S/C14H13Cl3S/c1-8-3-4-9(2)10(5-8)6-12(15)11-7-13(16)18-14(11)17/h3-5,7,12H,6H2,1-2H3. The third-order valence-corrected chi connectivity index (χ3v) is 4.83. The molecular weight excluding hydrogens is 307 g/mol. The quantitative estimate of drug-likeness (QED) is 0.591. The van der Waals surface area contributed by atoms with Crippen molar-refractivity contribution in [2.24, 2.45) is 0 Å². The van der Waals surface area contributed by atoms with Gasteiger partial charge in [0.05, 0.1) is 14.0 Å². The Hall–Kier alpha value is -0.210. The van der Waals surface area contributed by atoms with Crippen LogP contribution in [0.1, 0.15) is 27.6 Å². The molecule has 1 aromatic carbocycles. The first kappa shape index (κ1) is 14.2. The summed E-state index contributed by atoms with van der Waals surface area (Å²) >= 11 is 19.9. The van der Waals surface area contributed by atoms with Crippen molar-refractivity contribution in [2.75, 3.05) is 0 Å². The van der Waals surface area contributed by atoms with E-state index in [1.54, 1.807) is 0 Å². The van der Waals surface area contributed by atoms with Crippen LogP contribution in [0.5, 0.6) is 0 Å². The van der Waals surface area contributed by atoms with Gasteiger partial charge in [0.2, 0.25) is 0 Å². The van der Waals surface area contributed by atoms with Crippen LogP contribution in [-0.4, -0.2) is 0 Å². The number of alkyl halides is 1. The molecule has 0 saturated carbocycles. The second-order valence-corrected chi connectivity index (χ2v) is 7.19. The highest BCUT2D eigenvalue weighted by Gasteiger charge is 2.16. The van der Waals surface area contributed by atoms with Crippen LogP contribution in [0.2, 0.25) is 8.67 Å². The molecule has 96 valence electrons. The van der Waals surface area contributed by atoms with Crippen LogP contribution in [0.4, 0.5) is 0 Å². The first-order chi connectivity index (χ1) is 8.47. The highest BCUT2D eigenvalue weighted by molar-refractivity contribution is 7.20. The summed E-state index contributed by atoms with van der Waals surface area (Å²) in [5.74, 6) is 0. The summed E-state index contributed by atoms with van der Waals surface area (Å²) in [5, 5.41) is -0.137. The molecule has 0 aliphatic carbocycles. The van der Waals surface area contributed by atoms with Crippen LogP contribution >= 0.6 is 46.1 Å². The zero-order chi connectivity index (χ0) is 13.3. The molecule has 0 saturated heterocycles. The maximum Gasteiger partial charge on any atom is 0.0991 e. The Balaban J connectivity index is 2.23. The predicted molar refractivity (Wildman–Crippen MR) is 82.6 cm³/mol. The molecule has 0 bridgehead atoms. The van der Waals surface area contributed by atoms with Gasteiger partial charge in [0.1, 0.15) is 0 Å². The average molecular weight is 320 g/mol. The van der Waals surface area contributed by atoms with Gasteiger partial charge < -0.3 is 0 Å². The molecule has 2 aromatic rings. The monoisotopic (exact) mass is 318 g/mol. The van der Waals surface area contributed by atoms with Gasteiger partial charge in [0.25, 0.3) is 0 Å². The van der Waals surface area contributed by atoms with E-state index in [1.807, 2.05) is 6.07 Å². The third-order valence-electron chi connectivity index (χ3n) is 2.92. The van der Waals surface area contributed by atoms with E-state index < -0.39 is 0 Å². The zero-order valence-corrected chi connectivity index (χ0v) is 13.2. The summed E-state index contributed by atoms with van der Waals surface area (Å²) in [7, 11) is 0. The van der Waals surface area contributed by atoms with Crippen LogP contribution in [0.15, 0.2) is 24.3 Å². The number of halogens is 3. The molecule has 1 heterocycles. The fourth-order valence-corrected chi connectivity index (χ4v) is 3.93. The summed E-state index contributed by atoms with van der Waals surface area (Å²) in [6.45, 7) is 4.18. The van der Waals surface area contributed by atoms with E-state index in [9.17, 15) is 0 Å². The lowest BCUT2D eigenvalue weighted by atomic mass is 9.99. The molecular formula is C14H13Cl3S. The Bertz CT molecular complexity index is 560. The molecule has 0 aliphatic heterocycles. The van der Waals surface area contributed by atoms with E-state index in [-0.39, 0.29) is 5.38 Å². The van der Waals surface area contributed by atoms with Crippen molar-refractivity contribution >= 4 is 46.1 Å². The zero-order valence-electron chi connectivity index (χ0n) is 10.1. The molecule has 18 heavy (non-hydrogen) atoms. The van der Waals surface area contributed by atoms with Gasteiger partial charge in [0, 0.05) is 5.56 Å². The summed E-state index contributed by atoms with van der Waals surface area (Å²) in [4.78, 5) is 0. The van der Waals surface area contributed by atoms with Crippen molar-refractivity contribution < 1.29 is 0 Å². The number of hydrogen-bond donors (Lipinski definition) is 0. The van der Waals surface area contributed by atoms with E-state index in [2.05, 4.69) is 32.0 Å². The lowest BCUT2D eigenvalue weighted by Crippen LogP contribution is -1.98.